The SMILES string of the molecule is CCOC(=O)C1=C(O)C/C(=C(/O)C#CO)C(=O)C1. The normalized spacial score (nSPS) is 17.9. The first-order valence-electron chi connectivity index (χ1n) is 5.19. The first kappa shape index (κ1) is 13.6. The van der Waals surface area contributed by atoms with E-state index in [0.29, 0.717) is 0 Å². The average molecular weight is 252 g/mol. The van der Waals surface area contributed by atoms with Crippen LogP contribution >= 0.6 is 0 Å². The van der Waals surface area contributed by atoms with Gasteiger partial charge in [-0.05, 0) is 6.92 Å². The number of esters is 1. The zero-order valence-electron chi connectivity index (χ0n) is 9.69. The second-order valence-corrected chi connectivity index (χ2v) is 3.49. The minimum absolute atomic E-state index is 0.115. The fraction of sp³-hybridized carbons (Fsp3) is 0.333. The fourth-order valence-corrected chi connectivity index (χ4v) is 1.49. The van der Waals surface area contributed by atoms with E-state index in [1.165, 1.54) is 6.11 Å². The van der Waals surface area contributed by atoms with Gasteiger partial charge in [-0.15, -0.1) is 0 Å². The molecule has 0 bridgehead atoms. The van der Waals surface area contributed by atoms with Gasteiger partial charge in [-0.25, -0.2) is 4.79 Å². The van der Waals surface area contributed by atoms with E-state index in [0.717, 1.165) is 0 Å². The van der Waals surface area contributed by atoms with Crippen LogP contribution in [0.4, 0.5) is 0 Å². The lowest BCUT2D eigenvalue weighted by atomic mass is 9.91. The van der Waals surface area contributed by atoms with Crippen LogP contribution in [0.3, 0.4) is 0 Å². The maximum absolute atomic E-state index is 11.7. The molecule has 6 heteroatoms. The van der Waals surface area contributed by atoms with Crippen LogP contribution in [0.1, 0.15) is 19.8 Å². The third kappa shape index (κ3) is 2.83. The van der Waals surface area contributed by atoms with E-state index in [2.05, 4.69) is 4.74 Å². The zero-order chi connectivity index (χ0) is 13.7. The van der Waals surface area contributed by atoms with Crippen molar-refractivity contribution < 1.29 is 29.6 Å². The summed E-state index contributed by atoms with van der Waals surface area (Å²) in [6, 6.07) is 0. The van der Waals surface area contributed by atoms with Crippen LogP contribution in [0.5, 0.6) is 0 Å². The smallest absolute Gasteiger partial charge is 0.337 e. The predicted molar refractivity (Wildman–Crippen MR) is 59.9 cm³/mol. The van der Waals surface area contributed by atoms with E-state index in [1.807, 2.05) is 5.92 Å². The molecule has 6 nitrogen and oxygen atoms in total. The van der Waals surface area contributed by atoms with Crippen LogP contribution in [0.2, 0.25) is 0 Å². The van der Waals surface area contributed by atoms with E-state index in [4.69, 9.17) is 5.11 Å². The molecule has 0 atom stereocenters. The number of allylic oxidation sites excluding steroid dienone is 2. The molecule has 3 N–H and O–H groups in total. The predicted octanol–water partition coefficient (Wildman–Crippen LogP) is 0.870. The van der Waals surface area contributed by atoms with Crippen molar-refractivity contribution in [3.8, 4) is 12.0 Å². The van der Waals surface area contributed by atoms with Crippen LogP contribution in [0, 0.1) is 12.0 Å². The van der Waals surface area contributed by atoms with Gasteiger partial charge in [-0.1, -0.05) is 0 Å². The van der Waals surface area contributed by atoms with Crippen LogP contribution in [-0.4, -0.2) is 33.7 Å². The molecule has 0 radical (unpaired) electrons. The van der Waals surface area contributed by atoms with Gasteiger partial charge >= 0.3 is 5.97 Å². The zero-order valence-corrected chi connectivity index (χ0v) is 9.69. The molecule has 0 saturated heterocycles. The van der Waals surface area contributed by atoms with Gasteiger partial charge < -0.3 is 20.1 Å². The van der Waals surface area contributed by atoms with Crippen molar-refractivity contribution in [2.75, 3.05) is 6.61 Å². The number of hydrogen-bond donors (Lipinski definition) is 3. The molecule has 0 aromatic heterocycles. The molecule has 0 amide bonds. The minimum Gasteiger partial charge on any atom is -0.511 e. The number of aliphatic hydroxyl groups excluding tert-OH is 3. The summed E-state index contributed by atoms with van der Waals surface area (Å²) >= 11 is 0. The number of ketones is 1. The highest BCUT2D eigenvalue weighted by molar-refractivity contribution is 6.06. The molecule has 0 saturated carbocycles. The lowest BCUT2D eigenvalue weighted by molar-refractivity contribution is -0.139. The Labute approximate surface area is 103 Å². The Balaban J connectivity index is 3.07. The van der Waals surface area contributed by atoms with Crippen molar-refractivity contribution in [1.29, 1.82) is 0 Å². The maximum Gasteiger partial charge on any atom is 0.337 e. The largest absolute Gasteiger partial charge is 0.511 e. The number of carbonyl (C=O) groups excluding carboxylic acids is 2. The molecular formula is C12H12O6. The molecular weight excluding hydrogens is 240 g/mol. The molecule has 18 heavy (non-hydrogen) atoms. The molecule has 96 valence electrons. The van der Waals surface area contributed by atoms with E-state index in [-0.39, 0.29) is 36.4 Å². The summed E-state index contributed by atoms with van der Waals surface area (Å²) in [7, 11) is 0. The fourth-order valence-electron chi connectivity index (χ4n) is 1.49. The summed E-state index contributed by atoms with van der Waals surface area (Å²) in [6.07, 6.45) is 0.779. The average Bonchev–Trinajstić information content (AvgIpc) is 2.32. The summed E-state index contributed by atoms with van der Waals surface area (Å²) in [6.45, 7) is 1.74. The summed E-state index contributed by atoms with van der Waals surface area (Å²) in [5.74, 6) is -0.347. The lowest BCUT2D eigenvalue weighted by Gasteiger charge is -2.16. The summed E-state index contributed by atoms with van der Waals surface area (Å²) < 4.78 is 4.69. The third-order valence-corrected chi connectivity index (χ3v) is 2.35. The Hall–Kier alpha value is -2.42. The molecule has 1 aliphatic rings. The van der Waals surface area contributed by atoms with Crippen LogP contribution in [0.25, 0.3) is 0 Å². The summed E-state index contributed by atoms with van der Waals surface area (Å²) in [4.78, 5) is 23.1. The molecule has 0 unspecified atom stereocenters. The van der Waals surface area contributed by atoms with Crippen LogP contribution in [0.15, 0.2) is 22.7 Å². The Morgan fingerprint density at radius 1 is 1.44 bits per heavy atom. The Morgan fingerprint density at radius 2 is 2.11 bits per heavy atom. The Bertz CT molecular complexity index is 500. The van der Waals surface area contributed by atoms with Gasteiger partial charge in [0, 0.05) is 18.8 Å². The monoisotopic (exact) mass is 252 g/mol. The van der Waals surface area contributed by atoms with E-state index in [1.54, 1.807) is 6.92 Å². The van der Waals surface area contributed by atoms with Gasteiger partial charge in [-0.2, -0.15) is 0 Å². The van der Waals surface area contributed by atoms with Gasteiger partial charge in [0.2, 0.25) is 0 Å². The van der Waals surface area contributed by atoms with Crippen molar-refractivity contribution in [2.45, 2.75) is 19.8 Å². The number of rotatable bonds is 2. The second-order valence-electron chi connectivity index (χ2n) is 3.49. The third-order valence-electron chi connectivity index (χ3n) is 2.35. The van der Waals surface area contributed by atoms with Crippen molar-refractivity contribution >= 4 is 11.8 Å². The topological polar surface area (TPSA) is 104 Å². The molecule has 0 spiro atoms. The van der Waals surface area contributed by atoms with Gasteiger partial charge in [0.25, 0.3) is 0 Å². The quantitative estimate of drug-likeness (QED) is 0.291. The molecule has 0 fully saturated rings. The highest BCUT2D eigenvalue weighted by Crippen LogP contribution is 2.27. The number of ether oxygens (including phenoxy) is 1. The van der Waals surface area contributed by atoms with E-state index in [9.17, 15) is 19.8 Å². The van der Waals surface area contributed by atoms with Crippen molar-refractivity contribution in [2.24, 2.45) is 0 Å². The number of carbonyl (C=O) groups is 2. The highest BCUT2D eigenvalue weighted by atomic mass is 16.5. The van der Waals surface area contributed by atoms with Crippen LogP contribution in [-0.2, 0) is 14.3 Å². The highest BCUT2D eigenvalue weighted by Gasteiger charge is 2.30. The van der Waals surface area contributed by atoms with Gasteiger partial charge in [0.05, 0.1) is 17.8 Å². The molecule has 1 rings (SSSR count). The molecule has 0 aromatic rings. The first-order valence-corrected chi connectivity index (χ1v) is 5.19. The van der Waals surface area contributed by atoms with Gasteiger partial charge in [0.1, 0.15) is 11.9 Å². The molecule has 0 aromatic carbocycles. The standard InChI is InChI=1S/C12H12O6/c1-2-18-12(17)8-6-10(15)7(5-11(8)16)9(14)3-4-13/h13-14,16H,2,5-6H2,1H3/b9-7-. The number of aliphatic hydroxyl groups is 3. The molecule has 1 aliphatic carbocycles. The Morgan fingerprint density at radius 3 is 2.67 bits per heavy atom. The maximum atomic E-state index is 11.7. The number of Topliss-reactive ketones (excluding diaryl/α,β-unsaturated/α-hetero) is 1. The van der Waals surface area contributed by atoms with Gasteiger partial charge in [0.15, 0.2) is 11.5 Å². The Kier molecular flexibility index (Phi) is 4.38. The lowest BCUT2D eigenvalue weighted by Crippen LogP contribution is -2.21. The summed E-state index contributed by atoms with van der Waals surface area (Å²) in [5.41, 5.74) is -0.252. The second kappa shape index (κ2) is 5.77. The van der Waals surface area contributed by atoms with Crippen molar-refractivity contribution in [3.05, 3.63) is 22.7 Å². The van der Waals surface area contributed by atoms with E-state index >= 15 is 0 Å². The van der Waals surface area contributed by atoms with Gasteiger partial charge in [-0.3, -0.25) is 4.79 Å². The minimum atomic E-state index is -0.755. The van der Waals surface area contributed by atoms with Crippen molar-refractivity contribution in [1.82, 2.24) is 0 Å². The molecule has 0 heterocycles. The van der Waals surface area contributed by atoms with E-state index < -0.39 is 17.5 Å². The first-order chi connectivity index (χ1) is 8.51. The van der Waals surface area contributed by atoms with Crippen LogP contribution < -0.4 is 0 Å². The summed E-state index contributed by atoms with van der Waals surface area (Å²) in [5, 5.41) is 27.3. The number of hydrogen-bond acceptors (Lipinski definition) is 6. The molecule has 0 aliphatic heterocycles. The van der Waals surface area contributed by atoms with Crippen molar-refractivity contribution in [3.63, 3.8) is 0 Å².